The highest BCUT2D eigenvalue weighted by Crippen LogP contribution is 2.25. The Labute approximate surface area is 269 Å². The second-order valence-corrected chi connectivity index (χ2v) is 12.8. The van der Waals surface area contributed by atoms with E-state index < -0.39 is 0 Å². The number of hydrogen-bond donors (Lipinski definition) is 1. The molecule has 0 atom stereocenters. The lowest BCUT2D eigenvalue weighted by atomic mass is 10.1. The van der Waals surface area contributed by atoms with Crippen LogP contribution >= 0.6 is 11.8 Å². The predicted molar refractivity (Wildman–Crippen MR) is 186 cm³/mol. The summed E-state index contributed by atoms with van der Waals surface area (Å²) in [5, 5.41) is 2.95. The van der Waals surface area contributed by atoms with Gasteiger partial charge in [-0.2, -0.15) is 0 Å². The van der Waals surface area contributed by atoms with Crippen LogP contribution in [-0.4, -0.2) is 48.7 Å². The number of esters is 1. The molecule has 2 aromatic carbocycles. The van der Waals surface area contributed by atoms with Gasteiger partial charge in [-0.25, -0.2) is 4.79 Å². The Balaban J connectivity index is 1.42. The van der Waals surface area contributed by atoms with Crippen LogP contribution in [0.4, 0.5) is 0 Å². The highest BCUT2D eigenvalue weighted by molar-refractivity contribution is 7.99. The third-order valence-corrected chi connectivity index (χ3v) is 8.57. The first kappa shape index (κ1) is 35.1. The van der Waals surface area contributed by atoms with E-state index in [0.29, 0.717) is 17.9 Å². The molecule has 44 heavy (non-hydrogen) atoms. The average Bonchev–Trinajstić information content (AvgIpc) is 3.53. The zero-order valence-electron chi connectivity index (χ0n) is 27.1. The fraction of sp³-hybridized carbons (Fsp3) is 0.421. The van der Waals surface area contributed by atoms with Crippen LogP contribution in [0.25, 0.3) is 6.08 Å². The smallest absolute Gasteiger partial charge is 0.344 e. The van der Waals surface area contributed by atoms with E-state index in [2.05, 4.69) is 56.1 Å². The van der Waals surface area contributed by atoms with Crippen LogP contribution in [-0.2, 0) is 4.79 Å². The van der Waals surface area contributed by atoms with Crippen molar-refractivity contribution < 1.29 is 14.3 Å². The number of allylic oxidation sites excluding steroid dienone is 5. The van der Waals surface area contributed by atoms with Gasteiger partial charge in [0.25, 0.3) is 0 Å². The quantitative estimate of drug-likeness (QED) is 0.0481. The van der Waals surface area contributed by atoms with E-state index >= 15 is 0 Å². The maximum absolute atomic E-state index is 13.0. The van der Waals surface area contributed by atoms with Gasteiger partial charge in [-0.1, -0.05) is 59.2 Å². The van der Waals surface area contributed by atoms with Gasteiger partial charge in [-0.05, 0) is 128 Å². The molecule has 5 nitrogen and oxygen atoms in total. The molecule has 0 bridgehead atoms. The van der Waals surface area contributed by atoms with E-state index in [1.165, 1.54) is 42.7 Å². The van der Waals surface area contributed by atoms with Gasteiger partial charge in [0.15, 0.2) is 0 Å². The fourth-order valence-electron chi connectivity index (χ4n) is 4.93. The van der Waals surface area contributed by atoms with Gasteiger partial charge in [-0.3, -0.25) is 4.79 Å². The van der Waals surface area contributed by atoms with Crippen molar-refractivity contribution in [2.24, 2.45) is 0 Å². The molecule has 1 fully saturated rings. The van der Waals surface area contributed by atoms with Crippen LogP contribution in [0.1, 0.15) is 88.6 Å². The summed E-state index contributed by atoms with van der Waals surface area (Å²) in [6.45, 7) is 12.8. The summed E-state index contributed by atoms with van der Waals surface area (Å²) >= 11 is 1.64. The Morgan fingerprint density at radius 2 is 1.57 bits per heavy atom. The van der Waals surface area contributed by atoms with Crippen LogP contribution in [0.5, 0.6) is 5.75 Å². The van der Waals surface area contributed by atoms with Gasteiger partial charge in [0, 0.05) is 23.3 Å². The van der Waals surface area contributed by atoms with E-state index in [4.69, 9.17) is 4.74 Å². The Hall–Kier alpha value is -3.35. The zero-order chi connectivity index (χ0) is 31.6. The highest BCUT2D eigenvalue weighted by Gasteiger charge is 2.14. The van der Waals surface area contributed by atoms with Crippen molar-refractivity contribution in [2.45, 2.75) is 77.5 Å². The second-order valence-electron chi connectivity index (χ2n) is 11.8. The van der Waals surface area contributed by atoms with Crippen molar-refractivity contribution in [3.63, 3.8) is 0 Å². The first-order valence-electron chi connectivity index (χ1n) is 16.0. The Morgan fingerprint density at radius 1 is 0.886 bits per heavy atom. The molecule has 1 aliphatic rings. The van der Waals surface area contributed by atoms with E-state index in [1.54, 1.807) is 36.0 Å². The summed E-state index contributed by atoms with van der Waals surface area (Å²) in [6.07, 6.45) is 18.1. The normalized spacial score (nSPS) is 14.2. The summed E-state index contributed by atoms with van der Waals surface area (Å²) in [7, 11) is 0. The number of amides is 1. The number of nitrogens with one attached hydrogen (secondary N) is 1. The first-order valence-corrected chi connectivity index (χ1v) is 17.0. The number of nitrogens with zero attached hydrogens (tertiary/aromatic N) is 1. The molecule has 1 aliphatic heterocycles. The minimum Gasteiger partial charge on any atom is -0.423 e. The van der Waals surface area contributed by atoms with Gasteiger partial charge >= 0.3 is 5.97 Å². The zero-order valence-corrected chi connectivity index (χ0v) is 27.9. The fourth-order valence-corrected chi connectivity index (χ4v) is 5.96. The number of carbonyl (C=O) groups is 2. The standard InChI is InChI=1S/C38H50N2O3S/c1-30(2)12-9-13-31(3)14-10-15-32(4)24-29-44-36-17-6-5-16-35(36)38(42)43-34-21-18-33(19-22-34)20-23-37(41)39-25-11-28-40-26-7-8-27-40/h5-6,12,14,16-24H,7-11,13,15,25-29H2,1-4H3,(H,39,41)/b23-20+,31-14+,32-24+. The van der Waals surface area contributed by atoms with Crippen molar-refractivity contribution in [1.82, 2.24) is 10.2 Å². The average molecular weight is 615 g/mol. The molecule has 1 N–H and O–H groups in total. The van der Waals surface area contributed by atoms with Crippen molar-refractivity contribution in [3.05, 3.63) is 101 Å². The molecule has 6 heteroatoms. The molecule has 0 saturated carbocycles. The summed E-state index contributed by atoms with van der Waals surface area (Å²) < 4.78 is 5.69. The summed E-state index contributed by atoms with van der Waals surface area (Å²) in [5.74, 6) is 0.794. The molecule has 0 aliphatic carbocycles. The molecule has 1 saturated heterocycles. The number of likely N-dealkylation sites (tertiary alicyclic amines) is 1. The lowest BCUT2D eigenvalue weighted by Crippen LogP contribution is -2.27. The van der Waals surface area contributed by atoms with Crippen LogP contribution in [0.15, 0.2) is 94.4 Å². The molecule has 0 radical (unpaired) electrons. The largest absolute Gasteiger partial charge is 0.423 e. The SMILES string of the molecule is CC(C)=CCC/C(C)=C/CC/C(C)=C/CSc1ccccc1C(=O)Oc1ccc(/C=C/C(=O)NCCCN2CCCC2)cc1. The van der Waals surface area contributed by atoms with Gasteiger partial charge in [-0.15, -0.1) is 11.8 Å². The third kappa shape index (κ3) is 14.0. The van der Waals surface area contributed by atoms with E-state index in [0.717, 1.165) is 54.9 Å². The Morgan fingerprint density at radius 3 is 2.30 bits per heavy atom. The molecule has 2 aromatic rings. The number of carbonyl (C=O) groups excluding carboxylic acids is 2. The lowest BCUT2D eigenvalue weighted by molar-refractivity contribution is -0.116. The number of thioether (sulfide) groups is 1. The molecule has 0 aromatic heterocycles. The topological polar surface area (TPSA) is 58.6 Å². The number of ether oxygens (including phenoxy) is 1. The van der Waals surface area contributed by atoms with Gasteiger partial charge in [0.1, 0.15) is 5.75 Å². The Kier molecular flexibility index (Phi) is 15.8. The van der Waals surface area contributed by atoms with Crippen molar-refractivity contribution >= 4 is 29.7 Å². The van der Waals surface area contributed by atoms with Crippen molar-refractivity contribution in [1.29, 1.82) is 0 Å². The first-order chi connectivity index (χ1) is 21.3. The van der Waals surface area contributed by atoms with E-state index in [9.17, 15) is 9.59 Å². The molecule has 1 amide bonds. The number of rotatable bonds is 17. The summed E-state index contributed by atoms with van der Waals surface area (Å²) in [4.78, 5) is 28.5. The molecule has 3 rings (SSSR count). The van der Waals surface area contributed by atoms with Gasteiger partial charge in [0.05, 0.1) is 5.56 Å². The molecule has 0 spiro atoms. The number of benzene rings is 2. The highest BCUT2D eigenvalue weighted by atomic mass is 32.2. The summed E-state index contributed by atoms with van der Waals surface area (Å²) in [5.41, 5.74) is 5.61. The minimum absolute atomic E-state index is 0.0984. The third-order valence-electron chi connectivity index (χ3n) is 7.57. The minimum atomic E-state index is -0.376. The summed E-state index contributed by atoms with van der Waals surface area (Å²) in [6, 6.07) is 14.8. The molecule has 0 unspecified atom stereocenters. The Bertz CT molecular complexity index is 1310. The second kappa shape index (κ2) is 19.8. The van der Waals surface area contributed by atoms with Crippen molar-refractivity contribution in [2.75, 3.05) is 31.9 Å². The monoisotopic (exact) mass is 614 g/mol. The molecule has 1 heterocycles. The van der Waals surface area contributed by atoms with E-state index in [-0.39, 0.29) is 11.9 Å². The number of hydrogen-bond acceptors (Lipinski definition) is 5. The van der Waals surface area contributed by atoms with Crippen LogP contribution < -0.4 is 10.1 Å². The maximum atomic E-state index is 13.0. The predicted octanol–water partition coefficient (Wildman–Crippen LogP) is 9.03. The van der Waals surface area contributed by atoms with E-state index in [1.807, 2.05) is 36.4 Å². The van der Waals surface area contributed by atoms with Crippen molar-refractivity contribution in [3.8, 4) is 5.75 Å². The van der Waals surface area contributed by atoms with Crippen LogP contribution in [0.3, 0.4) is 0 Å². The molecular weight excluding hydrogens is 564 g/mol. The van der Waals surface area contributed by atoms with Gasteiger partial charge < -0.3 is 15.0 Å². The lowest BCUT2D eigenvalue weighted by Gasteiger charge is -2.13. The van der Waals surface area contributed by atoms with Crippen LogP contribution in [0, 0.1) is 0 Å². The molecule has 236 valence electrons. The molecular formula is C38H50N2O3S. The maximum Gasteiger partial charge on any atom is 0.344 e. The van der Waals surface area contributed by atoms with Crippen LogP contribution in [0.2, 0.25) is 0 Å². The van der Waals surface area contributed by atoms with Gasteiger partial charge in [0.2, 0.25) is 5.91 Å².